The molecule has 0 saturated carbocycles. The lowest BCUT2D eigenvalue weighted by Crippen LogP contribution is -2.14. The van der Waals surface area contributed by atoms with Gasteiger partial charge in [-0.15, -0.1) is 0 Å². The summed E-state index contributed by atoms with van der Waals surface area (Å²) in [7, 11) is 0. The van der Waals surface area contributed by atoms with Gasteiger partial charge in [-0.05, 0) is 90.3 Å². The zero-order chi connectivity index (χ0) is 35.5. The molecule has 0 amide bonds. The van der Waals surface area contributed by atoms with Crippen molar-refractivity contribution >= 4 is 21.5 Å². The topological polar surface area (TPSA) is 25.8 Å². The van der Waals surface area contributed by atoms with Crippen LogP contribution in [-0.2, 0) is 5.41 Å². The summed E-state index contributed by atoms with van der Waals surface area (Å²) in [5.41, 5.74) is 15.2. The summed E-state index contributed by atoms with van der Waals surface area (Å²) in [6.45, 7) is 4.72. The second kappa shape index (κ2) is 12.3. The predicted molar refractivity (Wildman–Crippen MR) is 222 cm³/mol. The minimum absolute atomic E-state index is 0.0719. The monoisotopic (exact) mass is 676 g/mol. The molecule has 9 aromatic rings. The first-order valence-corrected chi connectivity index (χ1v) is 18.3. The van der Waals surface area contributed by atoms with E-state index < -0.39 is 0 Å². The van der Waals surface area contributed by atoms with Gasteiger partial charge in [0.15, 0.2) is 5.82 Å². The van der Waals surface area contributed by atoms with Gasteiger partial charge in [0.05, 0.1) is 11.4 Å². The molecule has 1 aromatic heterocycles. The van der Waals surface area contributed by atoms with Crippen molar-refractivity contribution in [2.75, 3.05) is 0 Å². The summed E-state index contributed by atoms with van der Waals surface area (Å²) >= 11 is 0. The van der Waals surface area contributed by atoms with Crippen LogP contribution in [0.25, 0.3) is 88.8 Å². The molecule has 250 valence electrons. The first kappa shape index (κ1) is 31.1. The van der Waals surface area contributed by atoms with Crippen LogP contribution in [0, 0.1) is 0 Å². The number of rotatable bonds is 5. The zero-order valence-corrected chi connectivity index (χ0v) is 29.7. The standard InChI is InChI=1S/C51H36N2/c1-51(2)45-22-12-21-42(49(45)44-29-38-17-9-10-18-39(38)31-46(44)51)35-25-23-34(24-26-35)41-20-11-19-33-27-28-40(30-43(33)41)50-52-47(36-13-5-3-6-14-36)32-48(53-50)37-15-7-4-8-16-37/h3-32H,1-2H3. The van der Waals surface area contributed by atoms with Gasteiger partial charge in [0.25, 0.3) is 0 Å². The molecule has 2 heteroatoms. The van der Waals surface area contributed by atoms with Gasteiger partial charge in [0.1, 0.15) is 0 Å². The zero-order valence-electron chi connectivity index (χ0n) is 29.7. The predicted octanol–water partition coefficient (Wildman–Crippen LogP) is 13.4. The quantitative estimate of drug-likeness (QED) is 0.181. The van der Waals surface area contributed by atoms with Gasteiger partial charge in [-0.25, -0.2) is 9.97 Å². The summed E-state index contributed by atoms with van der Waals surface area (Å²) in [6.07, 6.45) is 0. The minimum atomic E-state index is -0.0719. The average molecular weight is 677 g/mol. The van der Waals surface area contributed by atoms with E-state index in [4.69, 9.17) is 9.97 Å². The molecule has 0 atom stereocenters. The molecule has 10 rings (SSSR count). The smallest absolute Gasteiger partial charge is 0.160 e. The lowest BCUT2D eigenvalue weighted by atomic mass is 9.81. The van der Waals surface area contributed by atoms with E-state index in [0.29, 0.717) is 5.82 Å². The van der Waals surface area contributed by atoms with Crippen molar-refractivity contribution < 1.29 is 0 Å². The van der Waals surface area contributed by atoms with Gasteiger partial charge in [-0.1, -0.05) is 172 Å². The Kier molecular flexibility index (Phi) is 7.19. The number of fused-ring (bicyclic) bond motifs is 5. The highest BCUT2D eigenvalue weighted by atomic mass is 14.9. The number of benzene rings is 8. The minimum Gasteiger partial charge on any atom is -0.228 e. The lowest BCUT2D eigenvalue weighted by Gasteiger charge is -2.22. The molecule has 53 heavy (non-hydrogen) atoms. The molecule has 8 aromatic carbocycles. The molecular weight excluding hydrogens is 641 g/mol. The molecule has 1 aliphatic carbocycles. The third-order valence-electron chi connectivity index (χ3n) is 11.1. The molecule has 0 saturated heterocycles. The molecule has 1 aliphatic rings. The molecule has 0 aliphatic heterocycles. The fraction of sp³-hybridized carbons (Fsp3) is 0.0588. The summed E-state index contributed by atoms with van der Waals surface area (Å²) in [6, 6.07) is 65.4. The molecule has 0 unspecified atom stereocenters. The highest BCUT2D eigenvalue weighted by molar-refractivity contribution is 6.01. The van der Waals surface area contributed by atoms with Gasteiger partial charge in [-0.3, -0.25) is 0 Å². The Bertz CT molecular complexity index is 2780. The van der Waals surface area contributed by atoms with Crippen LogP contribution in [-0.4, -0.2) is 9.97 Å². The lowest BCUT2D eigenvalue weighted by molar-refractivity contribution is 0.661. The summed E-state index contributed by atoms with van der Waals surface area (Å²) in [5, 5.41) is 4.94. The maximum Gasteiger partial charge on any atom is 0.160 e. The normalized spacial score (nSPS) is 12.9. The molecule has 0 radical (unpaired) electrons. The Labute approximate surface area is 310 Å². The van der Waals surface area contributed by atoms with Gasteiger partial charge < -0.3 is 0 Å². The van der Waals surface area contributed by atoms with E-state index in [0.717, 1.165) is 28.1 Å². The van der Waals surface area contributed by atoms with Crippen LogP contribution in [0.4, 0.5) is 0 Å². The molecular formula is C51H36N2. The number of nitrogens with zero attached hydrogens (tertiary/aromatic N) is 2. The van der Waals surface area contributed by atoms with Gasteiger partial charge in [0.2, 0.25) is 0 Å². The highest BCUT2D eigenvalue weighted by Crippen LogP contribution is 2.53. The van der Waals surface area contributed by atoms with E-state index in [-0.39, 0.29) is 5.41 Å². The van der Waals surface area contributed by atoms with Gasteiger partial charge >= 0.3 is 0 Å². The van der Waals surface area contributed by atoms with E-state index >= 15 is 0 Å². The SMILES string of the molecule is CC1(C)c2cc3ccccc3cc2-c2c(-c3ccc(-c4cccc5ccc(-c6nc(-c7ccccc7)cc(-c7ccccc7)n6)cc45)cc3)cccc21. The molecule has 0 bridgehead atoms. The van der Waals surface area contributed by atoms with E-state index in [1.54, 1.807) is 0 Å². The fourth-order valence-electron chi connectivity index (χ4n) is 8.30. The number of hydrogen-bond acceptors (Lipinski definition) is 2. The Morgan fingerprint density at radius 1 is 0.358 bits per heavy atom. The van der Waals surface area contributed by atoms with Crippen molar-refractivity contribution in [2.24, 2.45) is 0 Å². The van der Waals surface area contributed by atoms with Crippen molar-refractivity contribution in [3.63, 3.8) is 0 Å². The van der Waals surface area contributed by atoms with Crippen LogP contribution in [0.5, 0.6) is 0 Å². The van der Waals surface area contributed by atoms with E-state index in [9.17, 15) is 0 Å². The second-order valence-electron chi connectivity index (χ2n) is 14.6. The van der Waals surface area contributed by atoms with Crippen molar-refractivity contribution in [1.82, 2.24) is 9.97 Å². The number of hydrogen-bond donors (Lipinski definition) is 0. The summed E-state index contributed by atoms with van der Waals surface area (Å²) < 4.78 is 0. The summed E-state index contributed by atoms with van der Waals surface area (Å²) in [4.78, 5) is 10.2. The van der Waals surface area contributed by atoms with E-state index in [1.807, 2.05) is 12.1 Å². The van der Waals surface area contributed by atoms with Crippen molar-refractivity contribution in [1.29, 1.82) is 0 Å². The Hall–Kier alpha value is -6.64. The molecule has 1 heterocycles. The largest absolute Gasteiger partial charge is 0.228 e. The Balaban J connectivity index is 1.06. The van der Waals surface area contributed by atoms with Crippen LogP contribution in [0.2, 0.25) is 0 Å². The van der Waals surface area contributed by atoms with Crippen LogP contribution in [0.1, 0.15) is 25.0 Å². The van der Waals surface area contributed by atoms with Crippen LogP contribution in [0.15, 0.2) is 182 Å². The third-order valence-corrected chi connectivity index (χ3v) is 11.1. The Morgan fingerprint density at radius 3 is 1.58 bits per heavy atom. The Morgan fingerprint density at radius 2 is 0.906 bits per heavy atom. The van der Waals surface area contributed by atoms with Gasteiger partial charge in [-0.2, -0.15) is 0 Å². The third kappa shape index (κ3) is 5.26. The van der Waals surface area contributed by atoms with Crippen molar-refractivity contribution in [2.45, 2.75) is 19.3 Å². The van der Waals surface area contributed by atoms with Crippen LogP contribution < -0.4 is 0 Å². The average Bonchev–Trinajstić information content (AvgIpc) is 3.45. The highest BCUT2D eigenvalue weighted by Gasteiger charge is 2.37. The first-order valence-electron chi connectivity index (χ1n) is 18.3. The van der Waals surface area contributed by atoms with E-state index in [1.165, 1.54) is 66.1 Å². The number of aromatic nitrogens is 2. The maximum absolute atomic E-state index is 5.11. The molecule has 0 spiro atoms. The maximum atomic E-state index is 5.11. The fourth-order valence-corrected chi connectivity index (χ4v) is 8.30. The van der Waals surface area contributed by atoms with Crippen LogP contribution in [0.3, 0.4) is 0 Å². The van der Waals surface area contributed by atoms with Gasteiger partial charge in [0, 0.05) is 22.1 Å². The van der Waals surface area contributed by atoms with Crippen molar-refractivity contribution in [3.8, 4) is 67.3 Å². The molecule has 0 fully saturated rings. The summed E-state index contributed by atoms with van der Waals surface area (Å²) in [5.74, 6) is 0.714. The van der Waals surface area contributed by atoms with E-state index in [2.05, 4.69) is 184 Å². The van der Waals surface area contributed by atoms with Crippen molar-refractivity contribution in [3.05, 3.63) is 193 Å². The first-order chi connectivity index (χ1) is 26.0. The second-order valence-corrected chi connectivity index (χ2v) is 14.6. The van der Waals surface area contributed by atoms with Crippen LogP contribution >= 0.6 is 0 Å². The molecule has 0 N–H and O–H groups in total. The molecule has 2 nitrogen and oxygen atoms in total.